The minimum atomic E-state index is -1.09. The van der Waals surface area contributed by atoms with E-state index < -0.39 is 18.0 Å². The predicted octanol–water partition coefficient (Wildman–Crippen LogP) is 0.739. The summed E-state index contributed by atoms with van der Waals surface area (Å²) in [6, 6.07) is 7.53. The van der Waals surface area contributed by atoms with Crippen LogP contribution in [0.2, 0.25) is 0 Å². The van der Waals surface area contributed by atoms with E-state index in [1.165, 1.54) is 13.4 Å². The number of hydrogen-bond acceptors (Lipinski definition) is 5. The molecule has 1 unspecified atom stereocenters. The van der Waals surface area contributed by atoms with E-state index in [9.17, 15) is 14.7 Å². The number of nitrogens with zero attached hydrogens (tertiary/aromatic N) is 3. The van der Waals surface area contributed by atoms with Gasteiger partial charge in [0.2, 0.25) is 0 Å². The number of methoxy groups -OCH3 is 1. The van der Waals surface area contributed by atoms with Gasteiger partial charge in [-0.1, -0.05) is 30.3 Å². The molecule has 0 aliphatic rings. The average Bonchev–Trinajstić information content (AvgIpc) is 2.88. The fourth-order valence-corrected chi connectivity index (χ4v) is 1.63. The average molecular weight is 261 g/mol. The van der Waals surface area contributed by atoms with E-state index in [1.807, 2.05) is 0 Å². The summed E-state index contributed by atoms with van der Waals surface area (Å²) in [7, 11) is 1.20. The van der Waals surface area contributed by atoms with Gasteiger partial charge < -0.3 is 9.84 Å². The van der Waals surface area contributed by atoms with Crippen molar-refractivity contribution in [2.75, 3.05) is 7.11 Å². The van der Waals surface area contributed by atoms with Crippen LogP contribution in [0.1, 0.15) is 22.2 Å². The second kappa shape index (κ2) is 5.30. The minimum absolute atomic E-state index is 0.176. The van der Waals surface area contributed by atoms with E-state index in [1.54, 1.807) is 30.3 Å². The SMILES string of the molecule is COC(=O)c1ncn(C(C(=O)O)c2ccccc2)n1. The molecule has 0 amide bonds. The number of carboxylic acid groups (broad SMARTS) is 1. The molecule has 0 fully saturated rings. The molecule has 1 atom stereocenters. The molecule has 2 rings (SSSR count). The molecule has 0 bridgehead atoms. The van der Waals surface area contributed by atoms with E-state index >= 15 is 0 Å². The second-order valence-electron chi connectivity index (χ2n) is 3.69. The first-order valence-corrected chi connectivity index (χ1v) is 5.40. The summed E-state index contributed by atoms with van der Waals surface area (Å²) in [5.74, 6) is -1.98. The Labute approximate surface area is 108 Å². The Morgan fingerprint density at radius 3 is 2.58 bits per heavy atom. The lowest BCUT2D eigenvalue weighted by Crippen LogP contribution is -2.21. The molecule has 0 aliphatic carbocycles. The first kappa shape index (κ1) is 12.7. The van der Waals surface area contributed by atoms with Crippen LogP contribution in [-0.4, -0.2) is 38.9 Å². The number of ether oxygens (including phenoxy) is 1. The Morgan fingerprint density at radius 1 is 1.32 bits per heavy atom. The molecular weight excluding hydrogens is 250 g/mol. The molecule has 0 saturated carbocycles. The van der Waals surface area contributed by atoms with E-state index in [0.717, 1.165) is 4.68 Å². The lowest BCUT2D eigenvalue weighted by atomic mass is 10.1. The Morgan fingerprint density at radius 2 is 2.00 bits per heavy atom. The molecule has 2 aromatic rings. The van der Waals surface area contributed by atoms with Crippen molar-refractivity contribution in [3.05, 3.63) is 48.0 Å². The van der Waals surface area contributed by atoms with Crippen molar-refractivity contribution in [1.29, 1.82) is 0 Å². The molecule has 0 spiro atoms. The Kier molecular flexibility index (Phi) is 3.56. The maximum absolute atomic E-state index is 11.3. The topological polar surface area (TPSA) is 94.3 Å². The van der Waals surface area contributed by atoms with Gasteiger partial charge in [0.05, 0.1) is 7.11 Å². The zero-order valence-corrected chi connectivity index (χ0v) is 10.1. The third-order valence-electron chi connectivity index (χ3n) is 2.49. The van der Waals surface area contributed by atoms with Crippen LogP contribution in [-0.2, 0) is 9.53 Å². The third kappa shape index (κ3) is 2.59. The summed E-state index contributed by atoms with van der Waals surface area (Å²) in [6.45, 7) is 0. The summed E-state index contributed by atoms with van der Waals surface area (Å²) in [5, 5.41) is 13.1. The number of hydrogen-bond donors (Lipinski definition) is 1. The molecule has 1 N–H and O–H groups in total. The van der Waals surface area contributed by atoms with E-state index in [2.05, 4.69) is 14.8 Å². The molecular formula is C12H11N3O4. The first-order valence-electron chi connectivity index (χ1n) is 5.40. The molecule has 0 saturated heterocycles. The normalized spacial score (nSPS) is 11.8. The lowest BCUT2D eigenvalue weighted by Gasteiger charge is -2.12. The smallest absolute Gasteiger partial charge is 0.377 e. The minimum Gasteiger partial charge on any atom is -0.479 e. The predicted molar refractivity (Wildman–Crippen MR) is 63.6 cm³/mol. The summed E-state index contributed by atoms with van der Waals surface area (Å²) in [4.78, 5) is 26.3. The van der Waals surface area contributed by atoms with E-state index in [-0.39, 0.29) is 5.82 Å². The Balaban J connectivity index is 2.38. The van der Waals surface area contributed by atoms with Crippen molar-refractivity contribution in [2.24, 2.45) is 0 Å². The summed E-state index contributed by atoms with van der Waals surface area (Å²) >= 11 is 0. The monoisotopic (exact) mass is 261 g/mol. The van der Waals surface area contributed by atoms with Gasteiger partial charge in [-0.3, -0.25) is 0 Å². The molecule has 0 radical (unpaired) electrons. The number of esters is 1. The molecule has 1 heterocycles. The largest absolute Gasteiger partial charge is 0.479 e. The number of benzene rings is 1. The van der Waals surface area contributed by atoms with Crippen molar-refractivity contribution in [1.82, 2.24) is 14.8 Å². The maximum Gasteiger partial charge on any atom is 0.377 e. The first-order chi connectivity index (χ1) is 9.13. The van der Waals surface area contributed by atoms with Crippen LogP contribution >= 0.6 is 0 Å². The van der Waals surface area contributed by atoms with Gasteiger partial charge in [0.1, 0.15) is 6.33 Å². The van der Waals surface area contributed by atoms with Crippen molar-refractivity contribution >= 4 is 11.9 Å². The number of carbonyl (C=O) groups excluding carboxylic acids is 1. The zero-order valence-electron chi connectivity index (χ0n) is 10.1. The second-order valence-corrected chi connectivity index (χ2v) is 3.69. The number of aliphatic carboxylic acids is 1. The van der Waals surface area contributed by atoms with Gasteiger partial charge in [-0.05, 0) is 5.56 Å². The molecule has 0 aliphatic heterocycles. The molecule has 7 nitrogen and oxygen atoms in total. The quantitative estimate of drug-likeness (QED) is 0.816. The maximum atomic E-state index is 11.3. The highest BCUT2D eigenvalue weighted by Gasteiger charge is 2.24. The Hall–Kier alpha value is -2.70. The van der Waals surface area contributed by atoms with Crippen LogP contribution in [0.25, 0.3) is 0 Å². The van der Waals surface area contributed by atoms with Gasteiger partial charge in [-0.15, -0.1) is 5.10 Å². The summed E-state index contributed by atoms with van der Waals surface area (Å²) in [6.07, 6.45) is 1.19. The van der Waals surface area contributed by atoms with Gasteiger partial charge in [-0.25, -0.2) is 19.3 Å². The fourth-order valence-electron chi connectivity index (χ4n) is 1.63. The van der Waals surface area contributed by atoms with E-state index in [0.29, 0.717) is 5.56 Å². The van der Waals surface area contributed by atoms with Crippen LogP contribution in [0.15, 0.2) is 36.7 Å². The fraction of sp³-hybridized carbons (Fsp3) is 0.167. The van der Waals surface area contributed by atoms with Crippen molar-refractivity contribution in [3.63, 3.8) is 0 Å². The van der Waals surface area contributed by atoms with Crippen molar-refractivity contribution in [2.45, 2.75) is 6.04 Å². The van der Waals surface area contributed by atoms with Gasteiger partial charge >= 0.3 is 11.9 Å². The lowest BCUT2D eigenvalue weighted by molar-refractivity contribution is -0.139. The standard InChI is InChI=1S/C12H11N3O4/c1-19-12(18)10-13-7-15(14-10)9(11(16)17)8-5-3-2-4-6-8/h2-7,9H,1H3,(H,16,17). The van der Waals surface area contributed by atoms with Crippen LogP contribution in [0, 0.1) is 0 Å². The number of carboxylic acids is 1. The molecule has 1 aromatic carbocycles. The molecule has 1 aromatic heterocycles. The van der Waals surface area contributed by atoms with E-state index in [4.69, 9.17) is 0 Å². The number of aromatic nitrogens is 3. The summed E-state index contributed by atoms with van der Waals surface area (Å²) < 4.78 is 5.59. The van der Waals surface area contributed by atoms with Crippen LogP contribution < -0.4 is 0 Å². The molecule has 19 heavy (non-hydrogen) atoms. The highest BCUT2D eigenvalue weighted by molar-refractivity contribution is 5.84. The van der Waals surface area contributed by atoms with Gasteiger partial charge in [-0.2, -0.15) is 0 Å². The van der Waals surface area contributed by atoms with Crippen LogP contribution in [0.5, 0.6) is 0 Å². The van der Waals surface area contributed by atoms with Crippen molar-refractivity contribution < 1.29 is 19.4 Å². The highest BCUT2D eigenvalue weighted by atomic mass is 16.5. The van der Waals surface area contributed by atoms with Gasteiger partial charge in [0.25, 0.3) is 5.82 Å². The Bertz CT molecular complexity index is 594. The molecule has 98 valence electrons. The number of carbonyl (C=O) groups is 2. The number of rotatable bonds is 4. The molecule has 7 heteroatoms. The van der Waals surface area contributed by atoms with Gasteiger partial charge in [0.15, 0.2) is 6.04 Å². The van der Waals surface area contributed by atoms with Gasteiger partial charge in [0, 0.05) is 0 Å². The van der Waals surface area contributed by atoms with Crippen molar-refractivity contribution in [3.8, 4) is 0 Å². The van der Waals surface area contributed by atoms with Crippen LogP contribution in [0.4, 0.5) is 0 Å². The highest BCUT2D eigenvalue weighted by Crippen LogP contribution is 2.17. The zero-order chi connectivity index (χ0) is 13.8. The summed E-state index contributed by atoms with van der Waals surface area (Å²) in [5.41, 5.74) is 0.538. The third-order valence-corrected chi connectivity index (χ3v) is 2.49. The van der Waals surface area contributed by atoms with Crippen LogP contribution in [0.3, 0.4) is 0 Å².